The lowest BCUT2D eigenvalue weighted by atomic mass is 10.1. The van der Waals surface area contributed by atoms with Crippen molar-refractivity contribution < 1.29 is 13.2 Å². The zero-order chi connectivity index (χ0) is 12.5. The van der Waals surface area contributed by atoms with Gasteiger partial charge in [0.15, 0.2) is 0 Å². The van der Waals surface area contributed by atoms with Gasteiger partial charge < -0.3 is 10.3 Å². The molecule has 0 fully saturated rings. The van der Waals surface area contributed by atoms with E-state index in [1.165, 1.54) is 24.5 Å². The third-order valence-corrected chi connectivity index (χ3v) is 2.53. The van der Waals surface area contributed by atoms with Gasteiger partial charge in [0, 0.05) is 16.9 Å². The minimum absolute atomic E-state index is 0.0457. The van der Waals surface area contributed by atoms with E-state index in [-0.39, 0.29) is 11.6 Å². The molecule has 0 aliphatic heterocycles. The van der Waals surface area contributed by atoms with Crippen molar-refractivity contribution in [1.29, 1.82) is 0 Å². The minimum Gasteiger partial charge on any atom is -0.331 e. The third kappa shape index (κ3) is 2.79. The van der Waals surface area contributed by atoms with Gasteiger partial charge in [-0.25, -0.2) is 4.98 Å². The number of halogens is 4. The molecule has 0 aliphatic rings. The zero-order valence-corrected chi connectivity index (χ0v) is 9.93. The highest BCUT2D eigenvalue weighted by Crippen LogP contribution is 2.37. The summed E-state index contributed by atoms with van der Waals surface area (Å²) in [6, 6.07) is 3.89. The van der Waals surface area contributed by atoms with Crippen LogP contribution in [0.25, 0.3) is 0 Å². The van der Waals surface area contributed by atoms with Gasteiger partial charge in [0.1, 0.15) is 0 Å². The van der Waals surface area contributed by atoms with Crippen molar-refractivity contribution in [2.45, 2.75) is 6.18 Å². The fourth-order valence-corrected chi connectivity index (χ4v) is 1.68. The maximum atomic E-state index is 12.8. The van der Waals surface area contributed by atoms with Crippen LogP contribution in [0.2, 0.25) is 0 Å². The fourth-order valence-electron chi connectivity index (χ4n) is 1.32. The minimum atomic E-state index is -4.42. The van der Waals surface area contributed by atoms with E-state index in [1.54, 1.807) is 0 Å². The van der Waals surface area contributed by atoms with Crippen LogP contribution in [0.3, 0.4) is 0 Å². The Morgan fingerprint density at radius 3 is 2.65 bits per heavy atom. The van der Waals surface area contributed by atoms with E-state index in [1.807, 2.05) is 0 Å². The summed E-state index contributed by atoms with van der Waals surface area (Å²) < 4.78 is 38.7. The quantitative estimate of drug-likeness (QED) is 0.882. The second kappa shape index (κ2) is 4.40. The predicted molar refractivity (Wildman–Crippen MR) is 61.0 cm³/mol. The van der Waals surface area contributed by atoms with Crippen LogP contribution < -0.4 is 5.32 Å². The number of rotatable bonds is 2. The van der Waals surface area contributed by atoms with Gasteiger partial charge in [-0.2, -0.15) is 13.2 Å². The second-order valence-corrected chi connectivity index (χ2v) is 4.17. The number of anilines is 2. The highest BCUT2D eigenvalue weighted by molar-refractivity contribution is 9.10. The van der Waals surface area contributed by atoms with Crippen molar-refractivity contribution in [1.82, 2.24) is 9.97 Å². The number of aromatic amines is 1. The SMILES string of the molecule is FC(F)(F)c1cc(Br)ccc1Nc1ncc[nH]1. The molecule has 3 nitrogen and oxygen atoms in total. The van der Waals surface area contributed by atoms with Crippen LogP contribution in [0.5, 0.6) is 0 Å². The summed E-state index contributed by atoms with van der Waals surface area (Å²) in [6.45, 7) is 0. The van der Waals surface area contributed by atoms with Crippen LogP contribution in [0.4, 0.5) is 24.8 Å². The number of hydrogen-bond donors (Lipinski definition) is 2. The Balaban J connectivity index is 2.40. The first kappa shape index (κ1) is 12.0. The number of hydrogen-bond acceptors (Lipinski definition) is 2. The molecule has 0 radical (unpaired) electrons. The Bertz CT molecular complexity index is 508. The Morgan fingerprint density at radius 1 is 1.29 bits per heavy atom. The maximum absolute atomic E-state index is 12.8. The van der Waals surface area contributed by atoms with E-state index in [4.69, 9.17) is 0 Å². The number of nitrogens with zero attached hydrogens (tertiary/aromatic N) is 1. The molecular formula is C10H7BrF3N3. The number of aromatic nitrogens is 2. The predicted octanol–water partition coefficient (Wildman–Crippen LogP) is 3.93. The number of H-pyrrole nitrogens is 1. The van der Waals surface area contributed by atoms with Crippen molar-refractivity contribution in [2.24, 2.45) is 0 Å². The van der Waals surface area contributed by atoms with Gasteiger partial charge in [-0.1, -0.05) is 15.9 Å². The summed E-state index contributed by atoms with van der Waals surface area (Å²) in [5, 5.41) is 2.58. The Morgan fingerprint density at radius 2 is 2.06 bits per heavy atom. The van der Waals surface area contributed by atoms with E-state index in [0.717, 1.165) is 6.07 Å². The molecule has 1 aromatic carbocycles. The molecular weight excluding hydrogens is 299 g/mol. The molecule has 0 aliphatic carbocycles. The van der Waals surface area contributed by atoms with Gasteiger partial charge in [0.2, 0.25) is 5.95 Å². The third-order valence-electron chi connectivity index (χ3n) is 2.04. The van der Waals surface area contributed by atoms with Gasteiger partial charge in [-0.3, -0.25) is 0 Å². The molecule has 1 heterocycles. The highest BCUT2D eigenvalue weighted by atomic mass is 79.9. The lowest BCUT2D eigenvalue weighted by Gasteiger charge is -2.13. The summed E-state index contributed by atoms with van der Waals surface area (Å²) in [5.74, 6) is 0.262. The first-order valence-corrected chi connectivity index (χ1v) is 5.39. The lowest BCUT2D eigenvalue weighted by molar-refractivity contribution is -0.137. The molecule has 0 bridgehead atoms. The van der Waals surface area contributed by atoms with E-state index in [9.17, 15) is 13.2 Å². The fraction of sp³-hybridized carbons (Fsp3) is 0.100. The monoisotopic (exact) mass is 305 g/mol. The molecule has 17 heavy (non-hydrogen) atoms. The molecule has 0 amide bonds. The summed E-state index contributed by atoms with van der Waals surface area (Å²) in [7, 11) is 0. The summed E-state index contributed by atoms with van der Waals surface area (Å²) in [6.07, 6.45) is -1.44. The first-order chi connectivity index (χ1) is 7.97. The van der Waals surface area contributed by atoms with Gasteiger partial charge in [0.25, 0.3) is 0 Å². The van der Waals surface area contributed by atoms with E-state index >= 15 is 0 Å². The Labute approximate surface area is 103 Å². The summed E-state index contributed by atoms with van der Waals surface area (Å²) in [4.78, 5) is 6.49. The average molecular weight is 306 g/mol. The van der Waals surface area contributed by atoms with Crippen molar-refractivity contribution in [3.8, 4) is 0 Å². The number of imidazole rings is 1. The summed E-state index contributed by atoms with van der Waals surface area (Å²) >= 11 is 3.02. The number of benzene rings is 1. The molecule has 1 aromatic heterocycles. The first-order valence-electron chi connectivity index (χ1n) is 4.60. The highest BCUT2D eigenvalue weighted by Gasteiger charge is 2.33. The van der Waals surface area contributed by atoms with E-state index < -0.39 is 11.7 Å². The van der Waals surface area contributed by atoms with Crippen LogP contribution >= 0.6 is 15.9 Å². The standard InChI is InChI=1S/C10H7BrF3N3/c11-6-1-2-8(7(5-6)10(12,13)14)17-9-15-3-4-16-9/h1-5H,(H2,15,16,17). The van der Waals surface area contributed by atoms with Crippen molar-refractivity contribution in [3.05, 3.63) is 40.6 Å². The van der Waals surface area contributed by atoms with Crippen molar-refractivity contribution in [3.63, 3.8) is 0 Å². The molecule has 2 aromatic rings. The van der Waals surface area contributed by atoms with E-state index in [2.05, 4.69) is 31.2 Å². The molecule has 0 unspecified atom stereocenters. The van der Waals surface area contributed by atoms with E-state index in [0.29, 0.717) is 4.47 Å². The Hall–Kier alpha value is -1.50. The molecule has 7 heteroatoms. The topological polar surface area (TPSA) is 40.7 Å². The van der Waals surface area contributed by atoms with Crippen molar-refractivity contribution >= 4 is 27.6 Å². The van der Waals surface area contributed by atoms with Crippen LogP contribution in [0.15, 0.2) is 35.1 Å². The smallest absolute Gasteiger partial charge is 0.331 e. The molecule has 2 rings (SSSR count). The number of nitrogens with one attached hydrogen (secondary N) is 2. The van der Waals surface area contributed by atoms with Crippen LogP contribution in [-0.4, -0.2) is 9.97 Å². The maximum Gasteiger partial charge on any atom is 0.418 e. The van der Waals surface area contributed by atoms with Crippen LogP contribution in [0.1, 0.15) is 5.56 Å². The molecule has 2 N–H and O–H groups in total. The normalized spacial score (nSPS) is 11.5. The molecule has 90 valence electrons. The molecule has 0 spiro atoms. The number of alkyl halides is 3. The van der Waals surface area contributed by atoms with Crippen LogP contribution in [-0.2, 0) is 6.18 Å². The molecule has 0 atom stereocenters. The Kier molecular flexibility index (Phi) is 3.10. The summed E-state index contributed by atoms with van der Waals surface area (Å²) in [5.41, 5.74) is -0.793. The van der Waals surface area contributed by atoms with Gasteiger partial charge in [-0.15, -0.1) is 0 Å². The zero-order valence-electron chi connectivity index (χ0n) is 8.35. The van der Waals surface area contributed by atoms with Gasteiger partial charge >= 0.3 is 6.18 Å². The van der Waals surface area contributed by atoms with Gasteiger partial charge in [-0.05, 0) is 18.2 Å². The lowest BCUT2D eigenvalue weighted by Crippen LogP contribution is -2.09. The molecule has 0 saturated carbocycles. The van der Waals surface area contributed by atoms with Gasteiger partial charge in [0.05, 0.1) is 11.3 Å². The second-order valence-electron chi connectivity index (χ2n) is 3.25. The van der Waals surface area contributed by atoms with Crippen molar-refractivity contribution in [2.75, 3.05) is 5.32 Å². The average Bonchev–Trinajstić information content (AvgIpc) is 2.72. The molecule has 0 saturated heterocycles. The largest absolute Gasteiger partial charge is 0.418 e. The van der Waals surface area contributed by atoms with Crippen LogP contribution in [0, 0.1) is 0 Å².